The topological polar surface area (TPSA) is 38.7 Å². The molecule has 0 radical (unpaired) electrons. The second-order valence-corrected chi connectivity index (χ2v) is 3.85. The lowest BCUT2D eigenvalue weighted by molar-refractivity contribution is 0.174. The van der Waals surface area contributed by atoms with Gasteiger partial charge in [-0.1, -0.05) is 12.1 Å². The van der Waals surface area contributed by atoms with E-state index >= 15 is 0 Å². The molecule has 0 fully saturated rings. The Morgan fingerprint density at radius 1 is 1.47 bits per heavy atom. The molecule has 1 aromatic rings. The molecule has 3 heteroatoms. The molecule has 1 aliphatic heterocycles. The number of aliphatic hydroxyl groups is 1. The Labute approximate surface area is 88.9 Å². The Balaban J connectivity index is 2.41. The molecule has 0 saturated heterocycles. The van der Waals surface area contributed by atoms with Crippen LogP contribution in [0.5, 0.6) is 11.5 Å². The number of ether oxygens (including phenoxy) is 2. The largest absolute Gasteiger partial charge is 0.454 e. The van der Waals surface area contributed by atoms with Crippen molar-refractivity contribution < 1.29 is 14.6 Å². The molecule has 0 amide bonds. The van der Waals surface area contributed by atoms with Crippen LogP contribution < -0.4 is 9.47 Å². The van der Waals surface area contributed by atoms with Gasteiger partial charge in [-0.25, -0.2) is 0 Å². The van der Waals surface area contributed by atoms with Crippen molar-refractivity contribution in [3.05, 3.63) is 36.4 Å². The minimum Gasteiger partial charge on any atom is -0.454 e. The van der Waals surface area contributed by atoms with Gasteiger partial charge in [0.15, 0.2) is 11.5 Å². The van der Waals surface area contributed by atoms with E-state index in [1.807, 2.05) is 25.1 Å². The van der Waals surface area contributed by atoms with Crippen LogP contribution in [0.25, 0.3) is 0 Å². The smallest absolute Gasteiger partial charge is 0.231 e. The average molecular weight is 206 g/mol. The molecule has 1 atom stereocenters. The van der Waals surface area contributed by atoms with E-state index < -0.39 is 5.41 Å². The summed E-state index contributed by atoms with van der Waals surface area (Å²) in [6.45, 7) is 5.96. The molecule has 2 rings (SSSR count). The van der Waals surface area contributed by atoms with Crippen molar-refractivity contribution >= 4 is 0 Å². The van der Waals surface area contributed by atoms with Crippen molar-refractivity contribution in [1.82, 2.24) is 0 Å². The SMILES string of the molecule is C=C[C@@](C)(CO)c1ccc2c(c1)OCO2. The number of hydrogen-bond donors (Lipinski definition) is 1. The molecule has 0 unspecified atom stereocenters. The van der Waals surface area contributed by atoms with E-state index in [2.05, 4.69) is 6.58 Å². The maximum absolute atomic E-state index is 9.34. The quantitative estimate of drug-likeness (QED) is 0.767. The van der Waals surface area contributed by atoms with Crippen molar-refractivity contribution in [1.29, 1.82) is 0 Å². The Morgan fingerprint density at radius 3 is 2.87 bits per heavy atom. The van der Waals surface area contributed by atoms with Gasteiger partial charge in [0, 0.05) is 5.41 Å². The van der Waals surface area contributed by atoms with E-state index in [-0.39, 0.29) is 13.4 Å². The zero-order valence-electron chi connectivity index (χ0n) is 8.69. The van der Waals surface area contributed by atoms with Gasteiger partial charge in [0.2, 0.25) is 6.79 Å². The number of fused-ring (bicyclic) bond motifs is 1. The Hall–Kier alpha value is -1.48. The second-order valence-electron chi connectivity index (χ2n) is 3.85. The minimum atomic E-state index is -0.430. The molecular weight excluding hydrogens is 192 g/mol. The lowest BCUT2D eigenvalue weighted by Gasteiger charge is -2.23. The van der Waals surface area contributed by atoms with Gasteiger partial charge in [-0.2, -0.15) is 0 Å². The minimum absolute atomic E-state index is 0.0240. The fourth-order valence-electron chi connectivity index (χ4n) is 1.53. The summed E-state index contributed by atoms with van der Waals surface area (Å²) < 4.78 is 10.5. The van der Waals surface area contributed by atoms with Crippen LogP contribution in [0.15, 0.2) is 30.9 Å². The number of benzene rings is 1. The fraction of sp³-hybridized carbons (Fsp3) is 0.333. The summed E-state index contributed by atoms with van der Waals surface area (Å²) in [5.41, 5.74) is 0.547. The van der Waals surface area contributed by atoms with Crippen molar-refractivity contribution in [3.63, 3.8) is 0 Å². The highest BCUT2D eigenvalue weighted by molar-refractivity contribution is 5.47. The molecule has 15 heavy (non-hydrogen) atoms. The third kappa shape index (κ3) is 1.59. The monoisotopic (exact) mass is 206 g/mol. The summed E-state index contributed by atoms with van der Waals surface area (Å²) >= 11 is 0. The number of rotatable bonds is 3. The van der Waals surface area contributed by atoms with Gasteiger partial charge in [-0.05, 0) is 24.6 Å². The van der Waals surface area contributed by atoms with Crippen LogP contribution in [-0.4, -0.2) is 18.5 Å². The molecule has 3 nitrogen and oxygen atoms in total. The molecular formula is C12H14O3. The maximum atomic E-state index is 9.34. The van der Waals surface area contributed by atoms with Gasteiger partial charge in [0.25, 0.3) is 0 Å². The first-order valence-corrected chi connectivity index (χ1v) is 4.84. The van der Waals surface area contributed by atoms with Crippen molar-refractivity contribution in [2.45, 2.75) is 12.3 Å². The zero-order chi connectivity index (χ0) is 10.9. The maximum Gasteiger partial charge on any atom is 0.231 e. The van der Waals surface area contributed by atoms with Crippen LogP contribution in [-0.2, 0) is 5.41 Å². The first-order chi connectivity index (χ1) is 7.19. The summed E-state index contributed by atoms with van der Waals surface area (Å²) in [6, 6.07) is 5.67. The van der Waals surface area contributed by atoms with Gasteiger partial charge < -0.3 is 14.6 Å². The average Bonchev–Trinajstić information content (AvgIpc) is 2.74. The molecule has 0 spiro atoms. The van der Waals surface area contributed by atoms with Gasteiger partial charge in [-0.3, -0.25) is 0 Å². The van der Waals surface area contributed by atoms with Crippen LogP contribution in [0.4, 0.5) is 0 Å². The van der Waals surface area contributed by atoms with E-state index in [0.29, 0.717) is 0 Å². The molecule has 0 aromatic heterocycles. The lowest BCUT2D eigenvalue weighted by Crippen LogP contribution is -2.23. The van der Waals surface area contributed by atoms with Crippen LogP contribution in [0.2, 0.25) is 0 Å². The fourth-order valence-corrected chi connectivity index (χ4v) is 1.53. The third-order valence-corrected chi connectivity index (χ3v) is 2.81. The van der Waals surface area contributed by atoms with Crippen molar-refractivity contribution in [3.8, 4) is 11.5 Å². The van der Waals surface area contributed by atoms with Crippen molar-refractivity contribution in [2.24, 2.45) is 0 Å². The number of aliphatic hydroxyl groups excluding tert-OH is 1. The summed E-state index contributed by atoms with van der Waals surface area (Å²) in [5.74, 6) is 1.48. The Kier molecular flexibility index (Phi) is 2.40. The molecule has 0 saturated carbocycles. The zero-order valence-corrected chi connectivity index (χ0v) is 8.69. The standard InChI is InChI=1S/C12H14O3/c1-3-12(2,7-13)9-4-5-10-11(6-9)15-8-14-10/h3-6,13H,1,7-8H2,2H3/t12-/m0/s1. The summed E-state index contributed by atoms with van der Waals surface area (Å²) in [4.78, 5) is 0. The van der Waals surface area contributed by atoms with Gasteiger partial charge in [0.05, 0.1) is 6.61 Å². The predicted molar refractivity (Wildman–Crippen MR) is 57.2 cm³/mol. The van der Waals surface area contributed by atoms with E-state index in [1.54, 1.807) is 6.08 Å². The van der Waals surface area contributed by atoms with Crippen LogP contribution in [0, 0.1) is 0 Å². The molecule has 1 aliphatic rings. The molecule has 0 bridgehead atoms. The normalized spacial score (nSPS) is 17.2. The summed E-state index contributed by atoms with van der Waals surface area (Å²) in [5, 5.41) is 9.34. The third-order valence-electron chi connectivity index (χ3n) is 2.81. The summed E-state index contributed by atoms with van der Waals surface area (Å²) in [7, 11) is 0. The molecule has 80 valence electrons. The molecule has 0 aliphatic carbocycles. The van der Waals surface area contributed by atoms with Crippen molar-refractivity contribution in [2.75, 3.05) is 13.4 Å². The van der Waals surface area contributed by atoms with E-state index in [9.17, 15) is 5.11 Å². The highest BCUT2D eigenvalue weighted by atomic mass is 16.7. The highest BCUT2D eigenvalue weighted by Crippen LogP contribution is 2.36. The van der Waals surface area contributed by atoms with Crippen LogP contribution in [0.3, 0.4) is 0 Å². The van der Waals surface area contributed by atoms with E-state index in [1.165, 1.54) is 0 Å². The highest BCUT2D eigenvalue weighted by Gasteiger charge is 2.24. The first kappa shape index (κ1) is 10.1. The van der Waals surface area contributed by atoms with Crippen LogP contribution in [0.1, 0.15) is 12.5 Å². The molecule has 1 aromatic carbocycles. The summed E-state index contributed by atoms with van der Waals surface area (Å²) in [6.07, 6.45) is 1.74. The Morgan fingerprint density at radius 2 is 2.20 bits per heavy atom. The van der Waals surface area contributed by atoms with Crippen LogP contribution >= 0.6 is 0 Å². The molecule has 1 N–H and O–H groups in total. The van der Waals surface area contributed by atoms with E-state index in [0.717, 1.165) is 17.1 Å². The second kappa shape index (κ2) is 3.59. The first-order valence-electron chi connectivity index (χ1n) is 4.84. The van der Waals surface area contributed by atoms with E-state index in [4.69, 9.17) is 9.47 Å². The molecule has 1 heterocycles. The Bertz CT molecular complexity index is 386. The predicted octanol–water partition coefficient (Wildman–Crippen LogP) is 1.85. The number of hydrogen-bond acceptors (Lipinski definition) is 3. The lowest BCUT2D eigenvalue weighted by atomic mass is 9.83. The van der Waals surface area contributed by atoms with Gasteiger partial charge >= 0.3 is 0 Å². The van der Waals surface area contributed by atoms with Gasteiger partial charge in [-0.15, -0.1) is 6.58 Å². The van der Waals surface area contributed by atoms with Gasteiger partial charge in [0.1, 0.15) is 0 Å².